The molecule has 1 amide bonds. The zero-order valence-corrected chi connectivity index (χ0v) is 15.5. The predicted octanol–water partition coefficient (Wildman–Crippen LogP) is 0.146. The molecule has 0 atom stereocenters. The van der Waals surface area contributed by atoms with Gasteiger partial charge in [0.05, 0.1) is 42.8 Å². The SMILES string of the molecule is O=C(NCC[NH+]1CCOCC1)c1cccn2c(=O)c3ccc(Cl)cc3nc12. The van der Waals surface area contributed by atoms with E-state index in [9.17, 15) is 9.59 Å². The van der Waals surface area contributed by atoms with Crippen molar-refractivity contribution in [3.8, 4) is 0 Å². The second-order valence-corrected chi connectivity index (χ2v) is 7.00. The number of hydrogen-bond acceptors (Lipinski definition) is 4. The fourth-order valence-electron chi connectivity index (χ4n) is 3.34. The Labute approximate surface area is 160 Å². The first-order valence-corrected chi connectivity index (χ1v) is 9.31. The van der Waals surface area contributed by atoms with Gasteiger partial charge in [-0.25, -0.2) is 4.98 Å². The van der Waals surface area contributed by atoms with Gasteiger partial charge in [0, 0.05) is 11.2 Å². The molecule has 2 aromatic heterocycles. The van der Waals surface area contributed by atoms with E-state index in [1.807, 2.05) is 0 Å². The van der Waals surface area contributed by atoms with Crippen molar-refractivity contribution in [1.29, 1.82) is 0 Å². The van der Waals surface area contributed by atoms with Gasteiger partial charge in [0.1, 0.15) is 13.1 Å². The maximum atomic E-state index is 12.7. The van der Waals surface area contributed by atoms with Crippen molar-refractivity contribution in [2.45, 2.75) is 0 Å². The average molecular weight is 388 g/mol. The van der Waals surface area contributed by atoms with Crippen LogP contribution in [0.5, 0.6) is 0 Å². The summed E-state index contributed by atoms with van der Waals surface area (Å²) < 4.78 is 6.74. The van der Waals surface area contributed by atoms with Gasteiger partial charge in [-0.2, -0.15) is 0 Å². The van der Waals surface area contributed by atoms with Gasteiger partial charge in [0.25, 0.3) is 11.5 Å². The number of rotatable bonds is 4. The van der Waals surface area contributed by atoms with Gasteiger partial charge in [-0.1, -0.05) is 11.6 Å². The number of benzene rings is 1. The number of halogens is 1. The molecule has 1 aromatic carbocycles. The Morgan fingerprint density at radius 3 is 2.93 bits per heavy atom. The number of carbonyl (C=O) groups is 1. The Bertz CT molecular complexity index is 1060. The lowest BCUT2D eigenvalue weighted by atomic mass is 10.2. The molecule has 0 unspecified atom stereocenters. The van der Waals surface area contributed by atoms with E-state index >= 15 is 0 Å². The fourth-order valence-corrected chi connectivity index (χ4v) is 3.50. The summed E-state index contributed by atoms with van der Waals surface area (Å²) >= 11 is 6.03. The van der Waals surface area contributed by atoms with Gasteiger partial charge in [0.15, 0.2) is 5.65 Å². The Morgan fingerprint density at radius 1 is 1.30 bits per heavy atom. The number of nitrogens with zero attached hydrogens (tertiary/aromatic N) is 2. The summed E-state index contributed by atoms with van der Waals surface area (Å²) in [7, 11) is 0. The summed E-state index contributed by atoms with van der Waals surface area (Å²) in [5, 5.41) is 3.89. The first-order valence-electron chi connectivity index (χ1n) is 8.93. The first-order chi connectivity index (χ1) is 13.1. The number of pyridine rings is 1. The van der Waals surface area contributed by atoms with Crippen LogP contribution in [0.3, 0.4) is 0 Å². The Morgan fingerprint density at radius 2 is 2.11 bits per heavy atom. The third-order valence-electron chi connectivity index (χ3n) is 4.81. The predicted molar refractivity (Wildman–Crippen MR) is 103 cm³/mol. The van der Waals surface area contributed by atoms with Crippen molar-refractivity contribution in [2.75, 3.05) is 39.4 Å². The molecule has 27 heavy (non-hydrogen) atoms. The van der Waals surface area contributed by atoms with E-state index in [1.54, 1.807) is 36.5 Å². The number of quaternary nitrogens is 1. The molecule has 0 aliphatic carbocycles. The number of carbonyl (C=O) groups excluding carboxylic acids is 1. The van der Waals surface area contributed by atoms with E-state index in [4.69, 9.17) is 16.3 Å². The van der Waals surface area contributed by atoms with Crippen LogP contribution >= 0.6 is 11.6 Å². The van der Waals surface area contributed by atoms with E-state index in [0.717, 1.165) is 32.8 Å². The van der Waals surface area contributed by atoms with Gasteiger partial charge in [0.2, 0.25) is 0 Å². The normalized spacial score (nSPS) is 15.3. The van der Waals surface area contributed by atoms with Crippen LogP contribution in [0.25, 0.3) is 16.6 Å². The van der Waals surface area contributed by atoms with Crippen LogP contribution in [0.1, 0.15) is 10.4 Å². The van der Waals surface area contributed by atoms with E-state index in [2.05, 4.69) is 10.3 Å². The molecule has 2 N–H and O–H groups in total. The molecule has 1 fully saturated rings. The molecule has 3 aromatic rings. The topological polar surface area (TPSA) is 77.1 Å². The van der Waals surface area contributed by atoms with E-state index in [0.29, 0.717) is 33.7 Å². The van der Waals surface area contributed by atoms with Crippen molar-refractivity contribution in [3.05, 3.63) is 57.5 Å². The molecule has 0 spiro atoms. The van der Waals surface area contributed by atoms with Crippen LogP contribution in [0.2, 0.25) is 5.02 Å². The molecule has 8 heteroatoms. The van der Waals surface area contributed by atoms with Crippen molar-refractivity contribution in [2.24, 2.45) is 0 Å². The van der Waals surface area contributed by atoms with Gasteiger partial charge >= 0.3 is 0 Å². The molecular formula is C19H20ClN4O3+. The number of morpholine rings is 1. The number of amides is 1. The van der Waals surface area contributed by atoms with E-state index < -0.39 is 0 Å². The summed E-state index contributed by atoms with van der Waals surface area (Å²) in [4.78, 5) is 31.3. The molecule has 0 bridgehead atoms. The van der Waals surface area contributed by atoms with Crippen molar-refractivity contribution in [1.82, 2.24) is 14.7 Å². The highest BCUT2D eigenvalue weighted by Crippen LogP contribution is 2.17. The zero-order valence-electron chi connectivity index (χ0n) is 14.7. The number of nitrogens with one attached hydrogen (secondary N) is 2. The molecule has 0 saturated carbocycles. The van der Waals surface area contributed by atoms with Crippen LogP contribution in [0.4, 0.5) is 0 Å². The van der Waals surface area contributed by atoms with Crippen molar-refractivity contribution < 1.29 is 14.4 Å². The molecule has 0 radical (unpaired) electrons. The highest BCUT2D eigenvalue weighted by atomic mass is 35.5. The molecule has 1 aliphatic rings. The highest BCUT2D eigenvalue weighted by molar-refractivity contribution is 6.31. The second-order valence-electron chi connectivity index (χ2n) is 6.56. The van der Waals surface area contributed by atoms with Gasteiger partial charge < -0.3 is 15.0 Å². The Balaban J connectivity index is 1.61. The van der Waals surface area contributed by atoms with E-state index in [-0.39, 0.29) is 11.5 Å². The largest absolute Gasteiger partial charge is 0.370 e. The summed E-state index contributed by atoms with van der Waals surface area (Å²) in [6, 6.07) is 8.30. The minimum absolute atomic E-state index is 0.223. The summed E-state index contributed by atoms with van der Waals surface area (Å²) in [5.74, 6) is -0.242. The zero-order chi connectivity index (χ0) is 18.8. The third-order valence-corrected chi connectivity index (χ3v) is 5.05. The fraction of sp³-hybridized carbons (Fsp3) is 0.316. The summed E-state index contributed by atoms with van der Waals surface area (Å²) in [6.45, 7) is 4.82. The molecule has 1 aliphatic heterocycles. The van der Waals surface area contributed by atoms with Gasteiger partial charge in [-0.15, -0.1) is 0 Å². The minimum Gasteiger partial charge on any atom is -0.370 e. The second kappa shape index (κ2) is 7.64. The lowest BCUT2D eigenvalue weighted by Gasteiger charge is -2.23. The highest BCUT2D eigenvalue weighted by Gasteiger charge is 2.16. The molecular weight excluding hydrogens is 368 g/mol. The number of aromatic nitrogens is 2. The molecule has 4 rings (SSSR count). The van der Waals surface area contributed by atoms with Crippen molar-refractivity contribution in [3.63, 3.8) is 0 Å². The monoisotopic (exact) mass is 387 g/mol. The standard InChI is InChI=1S/C19H19ClN4O3/c20-13-3-4-14-16(12-13)22-17-15(2-1-6-24(17)19(14)26)18(25)21-5-7-23-8-10-27-11-9-23/h1-4,6,12H,5,7-11H2,(H,21,25)/p+1. The lowest BCUT2D eigenvalue weighted by molar-refractivity contribution is -0.906. The summed E-state index contributed by atoms with van der Waals surface area (Å²) in [5.41, 5.74) is 0.950. The van der Waals surface area contributed by atoms with Crippen LogP contribution in [-0.4, -0.2) is 54.7 Å². The Hall–Kier alpha value is -2.48. The van der Waals surface area contributed by atoms with Crippen LogP contribution < -0.4 is 15.8 Å². The molecule has 1 saturated heterocycles. The maximum Gasteiger partial charge on any atom is 0.265 e. The maximum absolute atomic E-state index is 12.7. The van der Waals surface area contributed by atoms with Gasteiger partial charge in [-0.3, -0.25) is 14.0 Å². The number of hydrogen-bond donors (Lipinski definition) is 2. The van der Waals surface area contributed by atoms with Gasteiger partial charge in [-0.05, 0) is 30.3 Å². The van der Waals surface area contributed by atoms with Crippen molar-refractivity contribution >= 4 is 34.1 Å². The molecule has 140 valence electrons. The number of fused-ring (bicyclic) bond motifs is 2. The average Bonchev–Trinajstić information content (AvgIpc) is 2.68. The minimum atomic E-state index is -0.242. The third kappa shape index (κ3) is 3.66. The first kappa shape index (κ1) is 17.9. The van der Waals surface area contributed by atoms with E-state index in [1.165, 1.54) is 9.30 Å². The van der Waals surface area contributed by atoms with Crippen LogP contribution in [0, 0.1) is 0 Å². The smallest absolute Gasteiger partial charge is 0.265 e. The molecule has 7 nitrogen and oxygen atoms in total. The summed E-state index contributed by atoms with van der Waals surface area (Å²) in [6.07, 6.45) is 1.62. The lowest BCUT2D eigenvalue weighted by Crippen LogP contribution is -3.14. The molecule has 3 heterocycles. The number of ether oxygens (including phenoxy) is 1. The van der Waals surface area contributed by atoms with Crippen LogP contribution in [0.15, 0.2) is 41.3 Å². The Kier molecular flexibility index (Phi) is 5.07. The quantitative estimate of drug-likeness (QED) is 0.625. The van der Waals surface area contributed by atoms with Crippen LogP contribution in [-0.2, 0) is 4.74 Å².